The molecule has 0 aliphatic rings. The topological polar surface area (TPSA) is 69.9 Å². The number of hydrogen-bond donors (Lipinski definition) is 2. The predicted octanol–water partition coefficient (Wildman–Crippen LogP) is 2.06. The molecule has 1 heterocycles. The van der Waals surface area contributed by atoms with Gasteiger partial charge in [-0.25, -0.2) is 4.98 Å². The van der Waals surface area contributed by atoms with Crippen LogP contribution in [0, 0.1) is 0 Å². The zero-order chi connectivity index (χ0) is 12.6. The van der Waals surface area contributed by atoms with Crippen molar-refractivity contribution >= 4 is 11.8 Å². The van der Waals surface area contributed by atoms with E-state index >= 15 is 0 Å². The number of nitrogens with two attached hydrogens (primary N) is 2. The molecule has 0 atom stereocenters. The first kappa shape index (κ1) is 11.3. The first-order valence-corrected chi connectivity index (χ1v) is 4.67. The number of alkyl halides is 3. The molecule has 1 aromatic heterocycles. The van der Waals surface area contributed by atoms with Gasteiger partial charge in [0, 0.05) is 0 Å². The first-order valence-electron chi connectivity index (χ1n) is 4.67. The highest BCUT2D eigenvalue weighted by molar-refractivity contribution is 5.54. The Balaban J connectivity index is 2.61. The third-order valence-electron chi connectivity index (χ3n) is 2.22. The van der Waals surface area contributed by atoms with Gasteiger partial charge in [-0.3, -0.25) is 4.57 Å². The number of nitrogens with zero attached hydrogens (tertiary/aromatic N) is 2. The standard InChI is InChI=1S/C10H9F3N4/c11-10(12,13)7-8(14)17(9(15)16-7)6-4-2-1-3-5-6/h1-5H,14H2,(H2,15,16). The molecule has 0 amide bonds. The molecule has 90 valence electrons. The summed E-state index contributed by atoms with van der Waals surface area (Å²) >= 11 is 0. The van der Waals surface area contributed by atoms with Gasteiger partial charge in [-0.05, 0) is 12.1 Å². The fraction of sp³-hybridized carbons (Fsp3) is 0.100. The van der Waals surface area contributed by atoms with Crippen LogP contribution in [0.25, 0.3) is 5.69 Å². The molecule has 0 fully saturated rings. The highest BCUT2D eigenvalue weighted by atomic mass is 19.4. The SMILES string of the molecule is Nc1nc(C(F)(F)F)c(N)n1-c1ccccc1. The maximum atomic E-state index is 12.5. The van der Waals surface area contributed by atoms with Gasteiger partial charge in [0.25, 0.3) is 0 Å². The maximum absolute atomic E-state index is 12.5. The van der Waals surface area contributed by atoms with E-state index in [0.29, 0.717) is 5.69 Å². The average molecular weight is 242 g/mol. The van der Waals surface area contributed by atoms with E-state index in [9.17, 15) is 13.2 Å². The highest BCUT2D eigenvalue weighted by Gasteiger charge is 2.38. The van der Waals surface area contributed by atoms with E-state index in [-0.39, 0.29) is 5.95 Å². The molecule has 0 spiro atoms. The second-order valence-electron chi connectivity index (χ2n) is 3.37. The molecule has 17 heavy (non-hydrogen) atoms. The minimum atomic E-state index is -4.61. The summed E-state index contributed by atoms with van der Waals surface area (Å²) in [6, 6.07) is 8.25. The van der Waals surface area contributed by atoms with E-state index < -0.39 is 17.7 Å². The maximum Gasteiger partial charge on any atom is 0.437 e. The van der Waals surface area contributed by atoms with Gasteiger partial charge in [0.15, 0.2) is 5.69 Å². The summed E-state index contributed by atoms with van der Waals surface area (Å²) in [6.45, 7) is 0. The third-order valence-corrected chi connectivity index (χ3v) is 2.22. The normalized spacial score (nSPS) is 11.7. The van der Waals surface area contributed by atoms with Crippen LogP contribution in [-0.2, 0) is 6.18 Å². The van der Waals surface area contributed by atoms with Gasteiger partial charge in [0.05, 0.1) is 5.69 Å². The number of hydrogen-bond acceptors (Lipinski definition) is 3. The number of rotatable bonds is 1. The zero-order valence-electron chi connectivity index (χ0n) is 8.57. The van der Waals surface area contributed by atoms with Gasteiger partial charge < -0.3 is 11.5 Å². The van der Waals surface area contributed by atoms with Crippen molar-refractivity contribution in [3.8, 4) is 5.69 Å². The molecule has 0 aliphatic heterocycles. The van der Waals surface area contributed by atoms with Crippen molar-refractivity contribution in [2.45, 2.75) is 6.18 Å². The summed E-state index contributed by atoms with van der Waals surface area (Å²) in [4.78, 5) is 3.25. The highest BCUT2D eigenvalue weighted by Crippen LogP contribution is 2.35. The Labute approximate surface area is 94.7 Å². The lowest BCUT2D eigenvalue weighted by atomic mass is 10.3. The number of anilines is 2. The van der Waals surface area contributed by atoms with Crippen molar-refractivity contribution in [3.63, 3.8) is 0 Å². The summed E-state index contributed by atoms with van der Waals surface area (Å²) in [7, 11) is 0. The van der Waals surface area contributed by atoms with Crippen LogP contribution in [0.4, 0.5) is 24.9 Å². The molecule has 7 heteroatoms. The largest absolute Gasteiger partial charge is 0.437 e. The summed E-state index contributed by atoms with van der Waals surface area (Å²) < 4.78 is 38.7. The molecular weight excluding hydrogens is 233 g/mol. The van der Waals surface area contributed by atoms with Gasteiger partial charge in [-0.2, -0.15) is 13.2 Å². The minimum Gasteiger partial charge on any atom is -0.383 e. The van der Waals surface area contributed by atoms with Crippen LogP contribution in [0.2, 0.25) is 0 Å². The van der Waals surface area contributed by atoms with Gasteiger partial charge in [0.1, 0.15) is 5.82 Å². The van der Waals surface area contributed by atoms with Crippen LogP contribution in [0.3, 0.4) is 0 Å². The van der Waals surface area contributed by atoms with Crippen molar-refractivity contribution < 1.29 is 13.2 Å². The Kier molecular flexibility index (Phi) is 2.45. The van der Waals surface area contributed by atoms with E-state index in [1.165, 1.54) is 0 Å². The second kappa shape index (κ2) is 3.69. The second-order valence-corrected chi connectivity index (χ2v) is 3.37. The predicted molar refractivity (Wildman–Crippen MR) is 57.4 cm³/mol. The minimum absolute atomic E-state index is 0.291. The number of aromatic nitrogens is 2. The van der Waals surface area contributed by atoms with Gasteiger partial charge >= 0.3 is 6.18 Å². The van der Waals surface area contributed by atoms with E-state index in [2.05, 4.69) is 4.98 Å². The van der Waals surface area contributed by atoms with Crippen molar-refractivity contribution in [1.29, 1.82) is 0 Å². The van der Waals surface area contributed by atoms with Crippen LogP contribution in [0.15, 0.2) is 30.3 Å². The molecular formula is C10H9F3N4. The van der Waals surface area contributed by atoms with Crippen molar-refractivity contribution in [3.05, 3.63) is 36.0 Å². The lowest BCUT2D eigenvalue weighted by Crippen LogP contribution is -2.10. The smallest absolute Gasteiger partial charge is 0.383 e. The molecule has 0 radical (unpaired) electrons. The molecule has 0 saturated heterocycles. The molecule has 0 bridgehead atoms. The Morgan fingerprint density at radius 1 is 1.06 bits per heavy atom. The van der Waals surface area contributed by atoms with Crippen molar-refractivity contribution in [1.82, 2.24) is 9.55 Å². The molecule has 1 aromatic carbocycles. The van der Waals surface area contributed by atoms with E-state index in [0.717, 1.165) is 4.57 Å². The Morgan fingerprint density at radius 2 is 1.65 bits per heavy atom. The Morgan fingerprint density at radius 3 is 2.12 bits per heavy atom. The number of imidazole rings is 1. The van der Waals surface area contributed by atoms with E-state index in [4.69, 9.17) is 11.5 Å². The fourth-order valence-corrected chi connectivity index (χ4v) is 1.51. The van der Waals surface area contributed by atoms with E-state index in [1.54, 1.807) is 30.3 Å². The number of para-hydroxylation sites is 1. The molecule has 4 N–H and O–H groups in total. The molecule has 2 aromatic rings. The Hall–Kier alpha value is -2.18. The summed E-state index contributed by atoms with van der Waals surface area (Å²) in [5.41, 5.74) is 10.1. The van der Waals surface area contributed by atoms with Crippen LogP contribution >= 0.6 is 0 Å². The third kappa shape index (κ3) is 1.91. The lowest BCUT2D eigenvalue weighted by Gasteiger charge is -2.07. The summed E-state index contributed by atoms with van der Waals surface area (Å²) in [5, 5.41) is 0. The molecule has 0 aliphatic carbocycles. The first-order chi connectivity index (χ1) is 7.91. The Bertz CT molecular complexity index is 530. The molecule has 0 saturated carbocycles. The number of halogens is 3. The van der Waals surface area contributed by atoms with Gasteiger partial charge in [-0.15, -0.1) is 0 Å². The number of benzene rings is 1. The van der Waals surface area contributed by atoms with Crippen LogP contribution in [0.5, 0.6) is 0 Å². The lowest BCUT2D eigenvalue weighted by molar-refractivity contribution is -0.140. The van der Waals surface area contributed by atoms with Gasteiger partial charge in [0.2, 0.25) is 5.95 Å². The quantitative estimate of drug-likeness (QED) is 0.804. The van der Waals surface area contributed by atoms with Crippen molar-refractivity contribution in [2.24, 2.45) is 0 Å². The molecule has 0 unspecified atom stereocenters. The summed E-state index contributed by atoms with van der Waals surface area (Å²) in [6.07, 6.45) is -4.61. The average Bonchev–Trinajstić information content (AvgIpc) is 2.55. The van der Waals surface area contributed by atoms with E-state index in [1.807, 2.05) is 0 Å². The number of nitrogen functional groups attached to an aromatic ring is 2. The van der Waals surface area contributed by atoms with Gasteiger partial charge in [-0.1, -0.05) is 18.2 Å². The fourth-order valence-electron chi connectivity index (χ4n) is 1.51. The van der Waals surface area contributed by atoms with Crippen LogP contribution in [-0.4, -0.2) is 9.55 Å². The van der Waals surface area contributed by atoms with Crippen molar-refractivity contribution in [2.75, 3.05) is 11.5 Å². The monoisotopic (exact) mass is 242 g/mol. The summed E-state index contributed by atoms with van der Waals surface area (Å²) in [5.74, 6) is -0.803. The zero-order valence-corrected chi connectivity index (χ0v) is 8.57. The van der Waals surface area contributed by atoms with Crippen LogP contribution in [0.1, 0.15) is 5.69 Å². The molecule has 4 nitrogen and oxygen atoms in total. The molecule has 2 rings (SSSR count). The van der Waals surface area contributed by atoms with Crippen LogP contribution < -0.4 is 11.5 Å².